The van der Waals surface area contributed by atoms with Crippen LogP contribution in [0.5, 0.6) is 0 Å². The Kier molecular flexibility index (Phi) is 4.58. The molecular formula is C14H23N3O2. The van der Waals surface area contributed by atoms with Gasteiger partial charge in [-0.3, -0.25) is 9.48 Å². The van der Waals surface area contributed by atoms with Crippen molar-refractivity contribution in [3.8, 4) is 0 Å². The van der Waals surface area contributed by atoms with Crippen LogP contribution >= 0.6 is 0 Å². The lowest BCUT2D eigenvalue weighted by Crippen LogP contribution is -2.47. The normalized spacial score (nSPS) is 25.2. The highest BCUT2D eigenvalue weighted by Gasteiger charge is 2.26. The van der Waals surface area contributed by atoms with E-state index in [4.69, 9.17) is 5.11 Å². The Labute approximate surface area is 114 Å². The average molecular weight is 265 g/mol. The maximum Gasteiger partial charge on any atom is 0.320 e. The van der Waals surface area contributed by atoms with Gasteiger partial charge in [-0.05, 0) is 38.7 Å². The fraction of sp³-hybridized carbons (Fsp3) is 0.714. The van der Waals surface area contributed by atoms with Crippen molar-refractivity contribution in [2.24, 2.45) is 0 Å². The first-order chi connectivity index (χ1) is 9.10. The zero-order valence-corrected chi connectivity index (χ0v) is 11.7. The zero-order valence-electron chi connectivity index (χ0n) is 11.7. The molecule has 0 aromatic carbocycles. The molecule has 1 aliphatic heterocycles. The molecule has 3 atom stereocenters. The highest BCUT2D eigenvalue weighted by atomic mass is 16.4. The maximum atomic E-state index is 11.0. The Bertz CT molecular complexity index is 430. The van der Waals surface area contributed by atoms with Gasteiger partial charge >= 0.3 is 5.97 Å². The molecule has 106 valence electrons. The van der Waals surface area contributed by atoms with Gasteiger partial charge in [-0.1, -0.05) is 6.92 Å². The number of carboxylic acids is 1. The van der Waals surface area contributed by atoms with Crippen LogP contribution in [0.4, 0.5) is 0 Å². The molecule has 1 aromatic rings. The second-order valence-corrected chi connectivity index (χ2v) is 5.43. The van der Waals surface area contributed by atoms with Gasteiger partial charge in [0.25, 0.3) is 0 Å². The summed E-state index contributed by atoms with van der Waals surface area (Å²) in [5, 5.41) is 16.8. The third kappa shape index (κ3) is 3.56. The van der Waals surface area contributed by atoms with Crippen LogP contribution in [-0.4, -0.2) is 32.9 Å². The van der Waals surface area contributed by atoms with Gasteiger partial charge in [-0.25, -0.2) is 0 Å². The Hall–Kier alpha value is -1.36. The lowest BCUT2D eigenvalue weighted by molar-refractivity contribution is -0.140. The van der Waals surface area contributed by atoms with E-state index in [0.29, 0.717) is 6.04 Å². The van der Waals surface area contributed by atoms with Gasteiger partial charge in [0.05, 0.1) is 5.69 Å². The SMILES string of the molecule is CCC(C)n1ccc(CC2CCCC(C(=O)O)N2)n1. The number of nitrogens with one attached hydrogen (secondary N) is 1. The Morgan fingerprint density at radius 1 is 1.63 bits per heavy atom. The van der Waals surface area contributed by atoms with E-state index in [-0.39, 0.29) is 6.04 Å². The lowest BCUT2D eigenvalue weighted by Gasteiger charge is -2.28. The van der Waals surface area contributed by atoms with Gasteiger partial charge in [0.15, 0.2) is 0 Å². The van der Waals surface area contributed by atoms with Crippen molar-refractivity contribution in [1.82, 2.24) is 15.1 Å². The predicted molar refractivity (Wildman–Crippen MR) is 73.1 cm³/mol. The Morgan fingerprint density at radius 3 is 3.11 bits per heavy atom. The van der Waals surface area contributed by atoms with E-state index in [1.165, 1.54) is 0 Å². The topological polar surface area (TPSA) is 67.2 Å². The number of carbonyl (C=O) groups is 1. The first-order valence-corrected chi connectivity index (χ1v) is 7.13. The van der Waals surface area contributed by atoms with Gasteiger partial charge < -0.3 is 10.4 Å². The molecule has 1 aliphatic rings. The molecule has 1 saturated heterocycles. The third-order valence-electron chi connectivity index (χ3n) is 3.94. The van der Waals surface area contributed by atoms with Crippen LogP contribution in [0.15, 0.2) is 12.3 Å². The van der Waals surface area contributed by atoms with Crippen molar-refractivity contribution in [1.29, 1.82) is 0 Å². The molecule has 0 radical (unpaired) electrons. The summed E-state index contributed by atoms with van der Waals surface area (Å²) in [7, 11) is 0. The predicted octanol–water partition coefficient (Wildman–Crippen LogP) is 1.99. The number of aliphatic carboxylic acids is 1. The van der Waals surface area contributed by atoms with E-state index >= 15 is 0 Å². The maximum absolute atomic E-state index is 11.0. The Balaban J connectivity index is 1.93. The summed E-state index contributed by atoms with van der Waals surface area (Å²) in [5.41, 5.74) is 1.05. The summed E-state index contributed by atoms with van der Waals surface area (Å²) in [5.74, 6) is -0.741. The van der Waals surface area contributed by atoms with Crippen LogP contribution in [0.25, 0.3) is 0 Å². The number of hydrogen-bond acceptors (Lipinski definition) is 3. The molecule has 5 heteroatoms. The van der Waals surface area contributed by atoms with Crippen LogP contribution in [-0.2, 0) is 11.2 Å². The van der Waals surface area contributed by atoms with Gasteiger partial charge in [0, 0.05) is 24.7 Å². The van der Waals surface area contributed by atoms with Gasteiger partial charge in [-0.2, -0.15) is 5.10 Å². The standard InChI is InChI=1S/C14H23N3O2/c1-3-10(2)17-8-7-12(16-17)9-11-5-4-6-13(15-11)14(18)19/h7-8,10-11,13,15H,3-6,9H2,1-2H3,(H,18,19). The molecule has 1 aromatic heterocycles. The largest absolute Gasteiger partial charge is 0.480 e. The molecule has 0 amide bonds. The van der Waals surface area contributed by atoms with Crippen LogP contribution in [0, 0.1) is 0 Å². The monoisotopic (exact) mass is 265 g/mol. The van der Waals surface area contributed by atoms with Gasteiger partial charge in [0.1, 0.15) is 6.04 Å². The van der Waals surface area contributed by atoms with Crippen molar-refractivity contribution < 1.29 is 9.90 Å². The minimum absolute atomic E-state index is 0.232. The molecule has 2 N–H and O–H groups in total. The van der Waals surface area contributed by atoms with Crippen molar-refractivity contribution in [3.05, 3.63) is 18.0 Å². The van der Waals surface area contributed by atoms with Crippen molar-refractivity contribution >= 4 is 5.97 Å². The fourth-order valence-electron chi connectivity index (χ4n) is 2.55. The van der Waals surface area contributed by atoms with E-state index < -0.39 is 12.0 Å². The molecule has 0 bridgehead atoms. The molecule has 5 nitrogen and oxygen atoms in total. The van der Waals surface area contributed by atoms with E-state index in [1.807, 2.05) is 16.9 Å². The summed E-state index contributed by atoms with van der Waals surface area (Å²) < 4.78 is 1.99. The smallest absolute Gasteiger partial charge is 0.320 e. The summed E-state index contributed by atoms with van der Waals surface area (Å²) in [6.07, 6.45) is 6.62. The average Bonchev–Trinajstić information content (AvgIpc) is 2.86. The zero-order chi connectivity index (χ0) is 13.8. The summed E-state index contributed by atoms with van der Waals surface area (Å²) in [6, 6.07) is 2.29. The van der Waals surface area contributed by atoms with E-state index in [0.717, 1.165) is 37.8 Å². The highest BCUT2D eigenvalue weighted by molar-refractivity contribution is 5.73. The summed E-state index contributed by atoms with van der Waals surface area (Å²) in [6.45, 7) is 4.29. The highest BCUT2D eigenvalue weighted by Crippen LogP contribution is 2.17. The minimum Gasteiger partial charge on any atom is -0.480 e. The van der Waals surface area contributed by atoms with Crippen LogP contribution in [0.3, 0.4) is 0 Å². The van der Waals surface area contributed by atoms with E-state index in [9.17, 15) is 4.79 Å². The molecule has 1 fully saturated rings. The molecule has 19 heavy (non-hydrogen) atoms. The third-order valence-corrected chi connectivity index (χ3v) is 3.94. The molecule has 3 unspecified atom stereocenters. The number of rotatable bonds is 5. The quantitative estimate of drug-likeness (QED) is 0.854. The van der Waals surface area contributed by atoms with Crippen molar-refractivity contribution in [2.45, 2.75) is 64.1 Å². The van der Waals surface area contributed by atoms with Crippen LogP contribution < -0.4 is 5.32 Å². The van der Waals surface area contributed by atoms with Crippen LogP contribution in [0.1, 0.15) is 51.3 Å². The van der Waals surface area contributed by atoms with Crippen molar-refractivity contribution in [3.63, 3.8) is 0 Å². The van der Waals surface area contributed by atoms with Crippen molar-refractivity contribution in [2.75, 3.05) is 0 Å². The second kappa shape index (κ2) is 6.19. The first-order valence-electron chi connectivity index (χ1n) is 7.13. The van der Waals surface area contributed by atoms with Gasteiger partial charge in [-0.15, -0.1) is 0 Å². The number of piperidine rings is 1. The summed E-state index contributed by atoms with van der Waals surface area (Å²) in [4.78, 5) is 11.0. The molecule has 0 saturated carbocycles. The first kappa shape index (κ1) is 14.1. The van der Waals surface area contributed by atoms with E-state index in [2.05, 4.69) is 24.3 Å². The number of aromatic nitrogens is 2. The van der Waals surface area contributed by atoms with E-state index in [1.54, 1.807) is 0 Å². The molecular weight excluding hydrogens is 242 g/mol. The fourth-order valence-corrected chi connectivity index (χ4v) is 2.55. The molecule has 0 aliphatic carbocycles. The second-order valence-electron chi connectivity index (χ2n) is 5.43. The molecule has 2 rings (SSSR count). The van der Waals surface area contributed by atoms with Crippen LogP contribution in [0.2, 0.25) is 0 Å². The summed E-state index contributed by atoms with van der Waals surface area (Å²) >= 11 is 0. The lowest BCUT2D eigenvalue weighted by atomic mass is 9.95. The Morgan fingerprint density at radius 2 is 2.42 bits per heavy atom. The molecule has 2 heterocycles. The number of nitrogens with zero attached hydrogens (tertiary/aromatic N) is 2. The number of hydrogen-bond donors (Lipinski definition) is 2. The van der Waals surface area contributed by atoms with Gasteiger partial charge in [0.2, 0.25) is 0 Å². The minimum atomic E-state index is -0.741. The number of carboxylic acid groups (broad SMARTS) is 1. The molecule has 0 spiro atoms.